The lowest BCUT2D eigenvalue weighted by molar-refractivity contribution is -0.118. The number of benzene rings is 1. The van der Waals surface area contributed by atoms with Gasteiger partial charge in [0.15, 0.2) is 0 Å². The summed E-state index contributed by atoms with van der Waals surface area (Å²) in [7, 11) is -4.60. The van der Waals surface area contributed by atoms with Crippen LogP contribution in [0.5, 0.6) is 0 Å². The quantitative estimate of drug-likeness (QED) is 0.446. The molecule has 3 heterocycles. The summed E-state index contributed by atoms with van der Waals surface area (Å²) in [5.41, 5.74) is 1.06. The third-order valence-corrected chi connectivity index (χ3v) is 9.68. The van der Waals surface area contributed by atoms with E-state index in [0.717, 1.165) is 9.71 Å². The van der Waals surface area contributed by atoms with Gasteiger partial charge in [0.25, 0.3) is 0 Å². The second-order valence-electron chi connectivity index (χ2n) is 8.13. The second kappa shape index (κ2) is 10.4. The molecule has 1 aromatic carbocycles. The molecule has 1 fully saturated rings. The van der Waals surface area contributed by atoms with Crippen LogP contribution < -0.4 is 9.62 Å². The van der Waals surface area contributed by atoms with Crippen molar-refractivity contribution in [3.63, 3.8) is 0 Å². The molecule has 0 spiro atoms. The Balaban J connectivity index is 1.49. The summed E-state index contributed by atoms with van der Waals surface area (Å²) in [5.74, 6) is -0.0656. The number of nitrogens with zero attached hydrogens (tertiary/aromatic N) is 3. The van der Waals surface area contributed by atoms with Crippen molar-refractivity contribution in [2.24, 2.45) is 0 Å². The Hall–Kier alpha value is -2.61. The minimum absolute atomic E-state index is 0.147. The number of sulfonamides is 2. The van der Waals surface area contributed by atoms with Crippen LogP contribution in [0, 0.1) is 0 Å². The fourth-order valence-electron chi connectivity index (χ4n) is 3.66. The molecular formula is C23H23ClN4O5S3. The highest BCUT2D eigenvalue weighted by atomic mass is 35.5. The number of carbonyl (C=O) groups is 1. The van der Waals surface area contributed by atoms with E-state index in [2.05, 4.69) is 9.71 Å². The second-order valence-corrected chi connectivity index (χ2v) is 13.6. The minimum Gasteiger partial charge on any atom is -0.295 e. The van der Waals surface area contributed by atoms with Gasteiger partial charge in [-0.15, -0.1) is 11.3 Å². The molecule has 13 heteroatoms. The summed E-state index contributed by atoms with van der Waals surface area (Å²) >= 11 is 7.10. The third-order valence-electron chi connectivity index (χ3n) is 5.50. The summed E-state index contributed by atoms with van der Waals surface area (Å²) in [5, 5.41) is 1.01. The van der Waals surface area contributed by atoms with Gasteiger partial charge in [0.1, 0.15) is 11.9 Å². The Morgan fingerprint density at radius 1 is 1.11 bits per heavy atom. The normalized spacial score (nSPS) is 16.9. The van der Waals surface area contributed by atoms with Gasteiger partial charge < -0.3 is 0 Å². The standard InChI is InChI=1S/C23H23ClN4O5S3/c1-27(2)36(32,33)20-6-4-3-5-18(20)16-7-10-22(25-15-16)28-13-11-19(23(28)29)26-35(30,31)14-12-17-8-9-21(24)34-17/h3-10,12,14-15,19,26H,11,13H2,1-2H3/t19-/m0/s1. The molecule has 190 valence electrons. The van der Waals surface area contributed by atoms with Gasteiger partial charge in [-0.2, -0.15) is 4.72 Å². The topological polar surface area (TPSA) is 117 Å². The summed E-state index contributed by atoms with van der Waals surface area (Å²) in [6.45, 7) is 0.286. The molecule has 3 aromatic rings. The van der Waals surface area contributed by atoms with E-state index in [0.29, 0.717) is 26.2 Å². The summed E-state index contributed by atoms with van der Waals surface area (Å²) in [4.78, 5) is 19.5. The van der Waals surface area contributed by atoms with Crippen molar-refractivity contribution >= 4 is 60.8 Å². The zero-order valence-electron chi connectivity index (χ0n) is 19.3. The Morgan fingerprint density at radius 3 is 2.50 bits per heavy atom. The van der Waals surface area contributed by atoms with Crippen molar-refractivity contribution in [2.75, 3.05) is 25.5 Å². The predicted molar refractivity (Wildman–Crippen MR) is 142 cm³/mol. The van der Waals surface area contributed by atoms with Crippen molar-refractivity contribution < 1.29 is 21.6 Å². The van der Waals surface area contributed by atoms with Crippen LogP contribution in [0.15, 0.2) is 65.0 Å². The molecule has 0 unspecified atom stereocenters. The maximum Gasteiger partial charge on any atom is 0.246 e. The molecule has 9 nitrogen and oxygen atoms in total. The summed E-state index contributed by atoms with van der Waals surface area (Å²) in [6, 6.07) is 12.4. The number of amides is 1. The molecule has 1 saturated heterocycles. The van der Waals surface area contributed by atoms with Crippen LogP contribution >= 0.6 is 22.9 Å². The van der Waals surface area contributed by atoms with Crippen LogP contribution in [-0.2, 0) is 24.8 Å². The number of halogens is 1. The number of hydrogen-bond acceptors (Lipinski definition) is 7. The van der Waals surface area contributed by atoms with Crippen LogP contribution in [0.3, 0.4) is 0 Å². The van der Waals surface area contributed by atoms with Gasteiger partial charge in [0.2, 0.25) is 26.0 Å². The number of nitrogens with one attached hydrogen (secondary N) is 1. The predicted octanol–water partition coefficient (Wildman–Crippen LogP) is 3.41. The molecule has 1 aliphatic rings. The molecule has 1 N–H and O–H groups in total. The Morgan fingerprint density at radius 2 is 1.86 bits per heavy atom. The Labute approximate surface area is 219 Å². The van der Waals surface area contributed by atoms with Crippen molar-refractivity contribution in [3.8, 4) is 11.1 Å². The monoisotopic (exact) mass is 566 g/mol. The van der Waals surface area contributed by atoms with Gasteiger partial charge in [-0.1, -0.05) is 29.8 Å². The van der Waals surface area contributed by atoms with Gasteiger partial charge in [0.05, 0.1) is 9.23 Å². The third kappa shape index (κ3) is 5.69. The van der Waals surface area contributed by atoms with Gasteiger partial charge in [-0.05, 0) is 42.8 Å². The van der Waals surface area contributed by atoms with Crippen LogP contribution in [0.4, 0.5) is 5.82 Å². The van der Waals surface area contributed by atoms with Crippen molar-refractivity contribution in [2.45, 2.75) is 17.4 Å². The first-order chi connectivity index (χ1) is 17.0. The Kier molecular flexibility index (Phi) is 7.64. The van der Waals surface area contributed by atoms with E-state index >= 15 is 0 Å². The molecule has 1 atom stereocenters. The molecule has 1 aliphatic heterocycles. The molecule has 0 bridgehead atoms. The van der Waals surface area contributed by atoms with Gasteiger partial charge in [-0.25, -0.2) is 26.1 Å². The smallest absolute Gasteiger partial charge is 0.246 e. The highest BCUT2D eigenvalue weighted by Crippen LogP contribution is 2.30. The maximum atomic E-state index is 12.9. The zero-order chi connectivity index (χ0) is 26.1. The van der Waals surface area contributed by atoms with Crippen LogP contribution in [-0.4, -0.2) is 58.7 Å². The van der Waals surface area contributed by atoms with Crippen molar-refractivity contribution in [1.82, 2.24) is 14.0 Å². The van der Waals surface area contributed by atoms with Crippen LogP contribution in [0.25, 0.3) is 17.2 Å². The number of hydrogen-bond donors (Lipinski definition) is 1. The van der Waals surface area contributed by atoms with Crippen molar-refractivity contribution in [3.05, 3.63) is 69.3 Å². The van der Waals surface area contributed by atoms with E-state index < -0.39 is 32.0 Å². The van der Waals surface area contributed by atoms with Crippen LogP contribution in [0.1, 0.15) is 11.3 Å². The zero-order valence-corrected chi connectivity index (χ0v) is 22.5. The number of rotatable bonds is 8. The summed E-state index contributed by atoms with van der Waals surface area (Å²) in [6.07, 6.45) is 3.20. The molecule has 2 aromatic heterocycles. The minimum atomic E-state index is -3.86. The SMILES string of the molecule is CN(C)S(=O)(=O)c1ccccc1-c1ccc(N2CC[C@H](NS(=O)(=O)C=Cc3ccc(Cl)s3)C2=O)nc1. The highest BCUT2D eigenvalue weighted by molar-refractivity contribution is 7.92. The molecule has 4 rings (SSSR count). The van der Waals surface area contributed by atoms with Gasteiger partial charge >= 0.3 is 0 Å². The average molecular weight is 567 g/mol. The van der Waals surface area contributed by atoms with Crippen molar-refractivity contribution in [1.29, 1.82) is 0 Å². The van der Waals surface area contributed by atoms with Gasteiger partial charge in [0, 0.05) is 48.2 Å². The van der Waals surface area contributed by atoms with E-state index in [1.54, 1.807) is 42.5 Å². The van der Waals surface area contributed by atoms with E-state index in [1.807, 2.05) is 0 Å². The van der Waals surface area contributed by atoms with E-state index in [4.69, 9.17) is 11.6 Å². The molecule has 0 saturated carbocycles. The van der Waals surface area contributed by atoms with E-state index in [-0.39, 0.29) is 17.9 Å². The van der Waals surface area contributed by atoms with Gasteiger partial charge in [-0.3, -0.25) is 9.69 Å². The Bertz CT molecular complexity index is 1520. The average Bonchev–Trinajstić information content (AvgIpc) is 3.42. The highest BCUT2D eigenvalue weighted by Gasteiger charge is 2.35. The number of thiophene rings is 1. The first-order valence-electron chi connectivity index (χ1n) is 10.7. The first kappa shape index (κ1) is 26.5. The molecule has 0 aliphatic carbocycles. The number of anilines is 1. The van der Waals surface area contributed by atoms with E-state index in [1.165, 1.54) is 48.7 Å². The number of aromatic nitrogens is 1. The maximum absolute atomic E-state index is 12.9. The number of carbonyl (C=O) groups excluding carboxylic acids is 1. The summed E-state index contributed by atoms with van der Waals surface area (Å²) < 4.78 is 54.4. The fourth-order valence-corrected chi connectivity index (χ4v) is 6.84. The fraction of sp³-hybridized carbons (Fsp3) is 0.217. The lowest BCUT2D eigenvalue weighted by Gasteiger charge is -2.17. The lowest BCUT2D eigenvalue weighted by Crippen LogP contribution is -2.40. The molecule has 36 heavy (non-hydrogen) atoms. The largest absolute Gasteiger partial charge is 0.295 e. The lowest BCUT2D eigenvalue weighted by atomic mass is 10.1. The molecule has 0 radical (unpaired) electrons. The number of pyridine rings is 1. The van der Waals surface area contributed by atoms with E-state index in [9.17, 15) is 21.6 Å². The molecular weight excluding hydrogens is 544 g/mol. The first-order valence-corrected chi connectivity index (χ1v) is 14.9. The molecule has 1 amide bonds. The van der Waals surface area contributed by atoms with Crippen LogP contribution in [0.2, 0.25) is 4.34 Å².